The van der Waals surface area contributed by atoms with E-state index in [1.807, 2.05) is 27.0 Å². The van der Waals surface area contributed by atoms with Gasteiger partial charge in [0, 0.05) is 34.8 Å². The molecule has 148 valence electrons. The zero-order valence-electron chi connectivity index (χ0n) is 17.6. The highest BCUT2D eigenvalue weighted by atomic mass is 16.1. The van der Waals surface area contributed by atoms with Crippen molar-refractivity contribution in [2.24, 2.45) is 7.05 Å². The molecule has 4 nitrogen and oxygen atoms in total. The van der Waals surface area contributed by atoms with E-state index in [4.69, 9.17) is 0 Å². The van der Waals surface area contributed by atoms with Crippen molar-refractivity contribution in [3.8, 4) is 11.3 Å². The summed E-state index contributed by atoms with van der Waals surface area (Å²) in [6, 6.07) is 8.99. The molecule has 1 saturated heterocycles. The Hall–Kier alpha value is -2.33. The smallest absolute Gasteiger partial charge is 0.253 e. The Morgan fingerprint density at radius 3 is 2.50 bits per heavy atom. The van der Waals surface area contributed by atoms with Gasteiger partial charge in [0.15, 0.2) is 0 Å². The Labute approximate surface area is 167 Å². The van der Waals surface area contributed by atoms with Crippen LogP contribution in [0.1, 0.15) is 60.9 Å². The normalized spacial score (nSPS) is 15.6. The number of benzene rings is 1. The van der Waals surface area contributed by atoms with Gasteiger partial charge in [-0.1, -0.05) is 19.9 Å². The van der Waals surface area contributed by atoms with Crippen LogP contribution in [0.25, 0.3) is 22.2 Å². The third kappa shape index (κ3) is 3.10. The summed E-state index contributed by atoms with van der Waals surface area (Å²) in [4.78, 5) is 16.0. The molecule has 4 rings (SSSR count). The van der Waals surface area contributed by atoms with Crippen molar-refractivity contribution in [3.63, 3.8) is 0 Å². The van der Waals surface area contributed by atoms with Crippen LogP contribution in [0, 0.1) is 13.8 Å². The molecule has 2 aromatic heterocycles. The van der Waals surface area contributed by atoms with Crippen LogP contribution in [0.2, 0.25) is 0 Å². The quantitative estimate of drug-likeness (QED) is 0.692. The van der Waals surface area contributed by atoms with E-state index in [1.165, 1.54) is 34.9 Å². The van der Waals surface area contributed by atoms with E-state index in [2.05, 4.69) is 42.3 Å². The van der Waals surface area contributed by atoms with Crippen LogP contribution in [0.15, 0.2) is 29.1 Å². The Bertz CT molecular complexity index is 1080. The second-order valence-corrected chi connectivity index (χ2v) is 8.59. The second kappa shape index (κ2) is 7.25. The summed E-state index contributed by atoms with van der Waals surface area (Å²) in [6.45, 7) is 10.7. The summed E-state index contributed by atoms with van der Waals surface area (Å²) in [5.74, 6) is 1.04. The first-order chi connectivity index (χ1) is 13.4. The van der Waals surface area contributed by atoms with Crippen molar-refractivity contribution in [2.75, 3.05) is 13.1 Å². The first-order valence-corrected chi connectivity index (χ1v) is 10.4. The van der Waals surface area contributed by atoms with Gasteiger partial charge in [-0.05, 0) is 80.9 Å². The first kappa shape index (κ1) is 19.0. The van der Waals surface area contributed by atoms with Crippen molar-refractivity contribution in [3.05, 3.63) is 57.0 Å². The molecule has 28 heavy (non-hydrogen) atoms. The minimum absolute atomic E-state index is 0.0802. The van der Waals surface area contributed by atoms with Crippen LogP contribution >= 0.6 is 0 Å². The molecule has 0 aliphatic carbocycles. The average molecular weight is 378 g/mol. The van der Waals surface area contributed by atoms with Crippen molar-refractivity contribution in [2.45, 2.75) is 52.4 Å². The lowest BCUT2D eigenvalue weighted by molar-refractivity contribution is 0.460. The lowest BCUT2D eigenvalue weighted by Gasteiger charge is -2.23. The van der Waals surface area contributed by atoms with Gasteiger partial charge in [0.25, 0.3) is 5.56 Å². The zero-order chi connectivity index (χ0) is 20.0. The minimum atomic E-state index is 0.0802. The highest BCUT2D eigenvalue weighted by Crippen LogP contribution is 2.38. The fraction of sp³-hybridized carbons (Fsp3) is 0.458. The maximum atomic E-state index is 12.3. The van der Waals surface area contributed by atoms with E-state index in [1.54, 1.807) is 4.57 Å². The molecule has 0 radical (unpaired) electrons. The molecule has 0 saturated carbocycles. The van der Waals surface area contributed by atoms with Crippen molar-refractivity contribution in [1.82, 2.24) is 14.9 Å². The molecule has 0 amide bonds. The number of nitrogens with zero attached hydrogens (tertiary/aromatic N) is 1. The van der Waals surface area contributed by atoms with Crippen molar-refractivity contribution in [1.29, 1.82) is 0 Å². The number of H-pyrrole nitrogens is 1. The predicted octanol–water partition coefficient (Wildman–Crippen LogP) is 4.74. The Kier molecular flexibility index (Phi) is 4.92. The predicted molar refractivity (Wildman–Crippen MR) is 117 cm³/mol. The molecule has 2 N–H and O–H groups in total. The van der Waals surface area contributed by atoms with E-state index < -0.39 is 0 Å². The number of rotatable bonds is 3. The third-order valence-electron chi connectivity index (χ3n) is 6.42. The summed E-state index contributed by atoms with van der Waals surface area (Å²) in [5.41, 5.74) is 8.14. The number of aromatic amines is 1. The van der Waals surface area contributed by atoms with Crippen molar-refractivity contribution < 1.29 is 0 Å². The Morgan fingerprint density at radius 2 is 1.82 bits per heavy atom. The summed E-state index contributed by atoms with van der Waals surface area (Å²) >= 11 is 0. The topological polar surface area (TPSA) is 49.8 Å². The first-order valence-electron chi connectivity index (χ1n) is 10.4. The molecule has 4 heteroatoms. The fourth-order valence-corrected chi connectivity index (χ4v) is 4.68. The number of nitrogens with one attached hydrogen (secondary N) is 2. The van der Waals surface area contributed by atoms with Gasteiger partial charge >= 0.3 is 0 Å². The van der Waals surface area contributed by atoms with Crippen LogP contribution in [-0.2, 0) is 7.05 Å². The molecule has 1 aliphatic heterocycles. The molecule has 1 aromatic carbocycles. The van der Waals surface area contributed by atoms with E-state index in [0.29, 0.717) is 11.8 Å². The molecule has 0 bridgehead atoms. The number of aryl methyl sites for hydroxylation is 1. The second-order valence-electron chi connectivity index (χ2n) is 8.59. The van der Waals surface area contributed by atoms with Gasteiger partial charge in [0.1, 0.15) is 0 Å². The van der Waals surface area contributed by atoms with Gasteiger partial charge in [-0.15, -0.1) is 0 Å². The lowest BCUT2D eigenvalue weighted by atomic mass is 9.88. The van der Waals surface area contributed by atoms with Crippen LogP contribution in [0.3, 0.4) is 0 Å². The molecule has 1 aliphatic rings. The highest BCUT2D eigenvalue weighted by Gasteiger charge is 2.21. The van der Waals surface area contributed by atoms with E-state index >= 15 is 0 Å². The summed E-state index contributed by atoms with van der Waals surface area (Å²) in [7, 11) is 1.86. The monoisotopic (exact) mass is 377 g/mol. The molecular weight excluding hydrogens is 346 g/mol. The number of hydrogen-bond donors (Lipinski definition) is 2. The standard InChI is InChI=1S/C24H31N3O/c1-14(2)22-20-13-18(17-8-10-25-11-9-17)6-7-21(20)26-23(22)19-12-15(3)24(28)27(5)16(19)4/h6-7,12-14,17,25-26H,8-11H2,1-5H3. The van der Waals surface area contributed by atoms with E-state index in [0.717, 1.165) is 35.6 Å². The molecule has 3 aromatic rings. The number of fused-ring (bicyclic) bond motifs is 1. The molecule has 0 unspecified atom stereocenters. The zero-order valence-corrected chi connectivity index (χ0v) is 17.6. The van der Waals surface area contributed by atoms with Gasteiger partial charge in [0.05, 0.1) is 5.69 Å². The third-order valence-corrected chi connectivity index (χ3v) is 6.42. The average Bonchev–Trinajstić information content (AvgIpc) is 3.08. The Balaban J connectivity index is 1.93. The van der Waals surface area contributed by atoms with Gasteiger partial charge in [0.2, 0.25) is 0 Å². The summed E-state index contributed by atoms with van der Waals surface area (Å²) in [6.07, 6.45) is 2.41. The summed E-state index contributed by atoms with van der Waals surface area (Å²) < 4.78 is 1.76. The number of piperidine rings is 1. The largest absolute Gasteiger partial charge is 0.354 e. The van der Waals surface area contributed by atoms with E-state index in [9.17, 15) is 4.79 Å². The fourth-order valence-electron chi connectivity index (χ4n) is 4.68. The lowest BCUT2D eigenvalue weighted by Crippen LogP contribution is -2.26. The molecule has 0 spiro atoms. The van der Waals surface area contributed by atoms with Crippen LogP contribution in [-0.4, -0.2) is 22.6 Å². The highest BCUT2D eigenvalue weighted by molar-refractivity contribution is 5.92. The van der Waals surface area contributed by atoms with E-state index in [-0.39, 0.29) is 5.56 Å². The SMILES string of the molecule is Cc1cc(-c2[nH]c3ccc(C4CCNCC4)cc3c2C(C)C)c(C)n(C)c1=O. The van der Waals surface area contributed by atoms with Crippen molar-refractivity contribution >= 4 is 10.9 Å². The minimum Gasteiger partial charge on any atom is -0.354 e. The van der Waals surface area contributed by atoms with Crippen LogP contribution < -0.4 is 10.9 Å². The maximum absolute atomic E-state index is 12.3. The molecule has 1 fully saturated rings. The molecule has 0 atom stereocenters. The van der Waals surface area contributed by atoms with Crippen LogP contribution in [0.4, 0.5) is 0 Å². The van der Waals surface area contributed by atoms with Gasteiger partial charge in [-0.25, -0.2) is 0 Å². The van der Waals surface area contributed by atoms with Gasteiger partial charge < -0.3 is 14.9 Å². The number of hydrogen-bond acceptors (Lipinski definition) is 2. The molecule has 3 heterocycles. The maximum Gasteiger partial charge on any atom is 0.253 e. The Morgan fingerprint density at radius 1 is 1.11 bits per heavy atom. The number of pyridine rings is 1. The van der Waals surface area contributed by atoms with Crippen LogP contribution in [0.5, 0.6) is 0 Å². The number of aromatic nitrogens is 2. The van der Waals surface area contributed by atoms with Gasteiger partial charge in [-0.2, -0.15) is 0 Å². The molecular formula is C24H31N3O. The van der Waals surface area contributed by atoms with Gasteiger partial charge in [-0.3, -0.25) is 4.79 Å². The summed E-state index contributed by atoms with van der Waals surface area (Å²) in [5, 5.41) is 4.79.